The summed E-state index contributed by atoms with van der Waals surface area (Å²) in [7, 11) is 0. The first-order chi connectivity index (χ1) is 24.8. The van der Waals surface area contributed by atoms with Gasteiger partial charge in [-0.15, -0.1) is 0 Å². The van der Waals surface area contributed by atoms with Gasteiger partial charge >= 0.3 is 0 Å². The minimum Gasteiger partial charge on any atom is -0.394 e. The van der Waals surface area contributed by atoms with Crippen molar-refractivity contribution in [3.63, 3.8) is 0 Å². The third-order valence-corrected chi connectivity index (χ3v) is 10.0. The second-order valence-corrected chi connectivity index (χ2v) is 14.8. The van der Waals surface area contributed by atoms with Crippen molar-refractivity contribution in [1.82, 2.24) is 5.32 Å². The quantitative estimate of drug-likeness (QED) is 0.0289. The first kappa shape index (κ1) is 47.7. The summed E-state index contributed by atoms with van der Waals surface area (Å²) in [4.78, 5) is 12.8. The lowest BCUT2D eigenvalue weighted by Crippen LogP contribution is -2.60. The van der Waals surface area contributed by atoms with Crippen molar-refractivity contribution in [2.75, 3.05) is 13.2 Å². The maximum Gasteiger partial charge on any atom is 0.220 e. The Morgan fingerprint density at radius 3 is 1.65 bits per heavy atom. The first-order valence-corrected chi connectivity index (χ1v) is 21.1. The average molecular weight is 726 g/mol. The zero-order chi connectivity index (χ0) is 37.4. The molecule has 1 aliphatic rings. The number of nitrogens with one attached hydrogen (secondary N) is 1. The molecule has 51 heavy (non-hydrogen) atoms. The van der Waals surface area contributed by atoms with Crippen LogP contribution >= 0.6 is 0 Å². The highest BCUT2D eigenvalue weighted by molar-refractivity contribution is 5.76. The van der Waals surface area contributed by atoms with Crippen LogP contribution in [-0.4, -0.2) is 87.5 Å². The lowest BCUT2D eigenvalue weighted by molar-refractivity contribution is -0.302. The number of allylic oxidation sites excluding steroid dienone is 3. The zero-order valence-corrected chi connectivity index (χ0v) is 32.6. The van der Waals surface area contributed by atoms with Gasteiger partial charge in [0.2, 0.25) is 5.91 Å². The number of carbonyl (C=O) groups is 1. The van der Waals surface area contributed by atoms with Crippen molar-refractivity contribution < 1.29 is 39.8 Å². The molecule has 9 nitrogen and oxygen atoms in total. The van der Waals surface area contributed by atoms with E-state index >= 15 is 0 Å². The molecule has 1 fully saturated rings. The van der Waals surface area contributed by atoms with E-state index in [1.165, 1.54) is 122 Å². The van der Waals surface area contributed by atoms with E-state index in [2.05, 4.69) is 31.3 Å². The molecule has 0 aliphatic carbocycles. The van der Waals surface area contributed by atoms with Crippen LogP contribution in [0.3, 0.4) is 0 Å². The molecule has 9 heteroatoms. The standard InChI is InChI=1S/C42H79NO8/c1-3-5-7-9-11-13-14-15-16-17-18-19-20-21-22-24-25-27-29-31-36(45)35(34-50-42-41(49)40(48)39(47)37(33-44)51-42)43-38(46)32-30-28-26-23-12-10-8-6-4-2/h22,24,29,31,35-37,39-42,44-45,47-49H,3-21,23,25-28,30,32-34H2,1-2H3,(H,43,46)/b24-22+,31-29+. The van der Waals surface area contributed by atoms with Crippen molar-refractivity contribution in [3.05, 3.63) is 24.3 Å². The van der Waals surface area contributed by atoms with E-state index in [1.54, 1.807) is 6.08 Å². The number of ether oxygens (including phenoxy) is 2. The Labute approximate surface area is 311 Å². The minimum absolute atomic E-state index is 0.191. The smallest absolute Gasteiger partial charge is 0.220 e. The lowest BCUT2D eigenvalue weighted by Gasteiger charge is -2.40. The number of carbonyl (C=O) groups excluding carboxylic acids is 1. The van der Waals surface area contributed by atoms with Crippen molar-refractivity contribution in [3.8, 4) is 0 Å². The van der Waals surface area contributed by atoms with Gasteiger partial charge in [-0.1, -0.05) is 167 Å². The number of aliphatic hydroxyl groups excluding tert-OH is 5. The fraction of sp³-hybridized carbons (Fsp3) is 0.881. The molecular formula is C42H79NO8. The van der Waals surface area contributed by atoms with Crippen molar-refractivity contribution >= 4 is 5.91 Å². The van der Waals surface area contributed by atoms with Crippen LogP contribution in [0.2, 0.25) is 0 Å². The molecule has 0 saturated carbocycles. The van der Waals surface area contributed by atoms with Crippen LogP contribution in [0.15, 0.2) is 24.3 Å². The number of rotatable bonds is 34. The Morgan fingerprint density at radius 1 is 0.647 bits per heavy atom. The maximum absolute atomic E-state index is 12.8. The Hall–Kier alpha value is -1.33. The van der Waals surface area contributed by atoms with Crippen LogP contribution < -0.4 is 5.32 Å². The van der Waals surface area contributed by atoms with Gasteiger partial charge in [-0.05, 0) is 32.1 Å². The molecule has 1 rings (SSSR count). The number of unbranched alkanes of at least 4 members (excludes halogenated alkanes) is 22. The summed E-state index contributed by atoms with van der Waals surface area (Å²) < 4.78 is 11.1. The molecule has 0 radical (unpaired) electrons. The predicted molar refractivity (Wildman–Crippen MR) is 207 cm³/mol. The zero-order valence-electron chi connectivity index (χ0n) is 32.6. The van der Waals surface area contributed by atoms with E-state index in [4.69, 9.17) is 9.47 Å². The summed E-state index contributed by atoms with van der Waals surface area (Å²) in [6.07, 6.45) is 30.9. The monoisotopic (exact) mass is 726 g/mol. The number of aliphatic hydroxyl groups is 5. The molecule has 7 unspecified atom stereocenters. The SMILES string of the molecule is CCCCCCCCCCCCCCC/C=C/CC/C=C/C(O)C(COC1OC(CO)C(O)C(O)C1O)NC(=O)CCCCCCCCCCC. The lowest BCUT2D eigenvalue weighted by atomic mass is 9.99. The predicted octanol–water partition coefficient (Wildman–Crippen LogP) is 7.94. The van der Waals surface area contributed by atoms with Gasteiger partial charge < -0.3 is 40.3 Å². The molecule has 1 amide bonds. The highest BCUT2D eigenvalue weighted by Crippen LogP contribution is 2.22. The van der Waals surface area contributed by atoms with E-state index < -0.39 is 49.5 Å². The number of hydrogen-bond donors (Lipinski definition) is 6. The van der Waals surface area contributed by atoms with Crippen molar-refractivity contribution in [2.24, 2.45) is 0 Å². The van der Waals surface area contributed by atoms with Crippen LogP contribution in [0.1, 0.15) is 181 Å². The fourth-order valence-electron chi connectivity index (χ4n) is 6.58. The molecule has 0 bridgehead atoms. The van der Waals surface area contributed by atoms with Gasteiger partial charge in [-0.2, -0.15) is 0 Å². The molecule has 6 N–H and O–H groups in total. The first-order valence-electron chi connectivity index (χ1n) is 21.1. The van der Waals surface area contributed by atoms with Crippen LogP contribution in [0.4, 0.5) is 0 Å². The van der Waals surface area contributed by atoms with Gasteiger partial charge in [-0.25, -0.2) is 0 Å². The Bertz CT molecular complexity index is 853. The highest BCUT2D eigenvalue weighted by atomic mass is 16.7. The van der Waals surface area contributed by atoms with E-state index in [1.807, 2.05) is 6.08 Å². The van der Waals surface area contributed by atoms with Crippen molar-refractivity contribution in [2.45, 2.75) is 224 Å². The van der Waals surface area contributed by atoms with Gasteiger partial charge in [0.05, 0.1) is 25.4 Å². The summed E-state index contributed by atoms with van der Waals surface area (Å²) in [5, 5.41) is 53.9. The topological polar surface area (TPSA) is 149 Å². The second-order valence-electron chi connectivity index (χ2n) is 14.8. The van der Waals surface area contributed by atoms with Gasteiger partial charge in [0, 0.05) is 6.42 Å². The third kappa shape index (κ3) is 24.6. The van der Waals surface area contributed by atoms with Gasteiger partial charge in [0.25, 0.3) is 0 Å². The summed E-state index contributed by atoms with van der Waals surface area (Å²) in [6.45, 7) is 3.72. The van der Waals surface area contributed by atoms with Crippen LogP contribution in [0.5, 0.6) is 0 Å². The van der Waals surface area contributed by atoms with Crippen LogP contribution in [0, 0.1) is 0 Å². The highest BCUT2D eigenvalue weighted by Gasteiger charge is 2.44. The third-order valence-electron chi connectivity index (χ3n) is 10.0. The second kappa shape index (κ2) is 33.3. The van der Waals surface area contributed by atoms with Crippen molar-refractivity contribution in [1.29, 1.82) is 0 Å². The summed E-state index contributed by atoms with van der Waals surface area (Å²) in [5.41, 5.74) is 0. The fourth-order valence-corrected chi connectivity index (χ4v) is 6.58. The van der Waals surface area contributed by atoms with Gasteiger partial charge in [0.1, 0.15) is 24.4 Å². The van der Waals surface area contributed by atoms with Gasteiger partial charge in [0.15, 0.2) is 6.29 Å². The molecule has 1 heterocycles. The van der Waals surface area contributed by atoms with Crippen LogP contribution in [0.25, 0.3) is 0 Å². The normalized spacial score (nSPS) is 22.2. The largest absolute Gasteiger partial charge is 0.394 e. The molecule has 1 aliphatic heterocycles. The molecule has 0 aromatic rings. The summed E-state index contributed by atoms with van der Waals surface area (Å²) in [6, 6.07) is -0.814. The summed E-state index contributed by atoms with van der Waals surface area (Å²) >= 11 is 0. The molecule has 0 spiro atoms. The van der Waals surface area contributed by atoms with E-state index in [-0.39, 0.29) is 12.5 Å². The molecule has 1 saturated heterocycles. The van der Waals surface area contributed by atoms with Gasteiger partial charge in [-0.3, -0.25) is 4.79 Å². The van der Waals surface area contributed by atoms with E-state index in [9.17, 15) is 30.3 Å². The molecule has 0 aromatic heterocycles. The average Bonchev–Trinajstić information content (AvgIpc) is 3.13. The molecule has 7 atom stereocenters. The van der Waals surface area contributed by atoms with Crippen LogP contribution in [-0.2, 0) is 14.3 Å². The summed E-state index contributed by atoms with van der Waals surface area (Å²) in [5.74, 6) is -0.191. The Balaban J connectivity index is 2.39. The van der Waals surface area contributed by atoms with E-state index in [0.29, 0.717) is 6.42 Å². The number of hydrogen-bond acceptors (Lipinski definition) is 8. The Kier molecular flexibility index (Phi) is 31.1. The molecule has 0 aromatic carbocycles. The minimum atomic E-state index is -1.57. The molecule has 300 valence electrons. The van der Waals surface area contributed by atoms with E-state index in [0.717, 1.165) is 38.5 Å². The number of amides is 1. The Morgan fingerprint density at radius 2 is 1.12 bits per heavy atom. The molecular weight excluding hydrogens is 646 g/mol. The maximum atomic E-state index is 12.8.